The van der Waals surface area contributed by atoms with Gasteiger partial charge < -0.3 is 19.7 Å². The van der Waals surface area contributed by atoms with Crippen molar-refractivity contribution < 1.29 is 29.4 Å². The lowest BCUT2D eigenvalue weighted by Crippen LogP contribution is -2.26. The maximum Gasteiger partial charge on any atom is 0.354 e. The minimum absolute atomic E-state index is 0.0133. The molecule has 1 aromatic heterocycles. The zero-order valence-corrected chi connectivity index (χ0v) is 16.0. The average Bonchev–Trinajstić information content (AvgIpc) is 3.16. The zero-order chi connectivity index (χ0) is 21.7. The highest BCUT2D eigenvalue weighted by Crippen LogP contribution is 2.26. The molecule has 10 nitrogen and oxygen atoms in total. The second kappa shape index (κ2) is 9.05. The number of carbonyl (C=O) groups is 1. The van der Waals surface area contributed by atoms with Crippen LogP contribution in [0.4, 0.5) is 5.69 Å². The van der Waals surface area contributed by atoms with Gasteiger partial charge in [0.05, 0.1) is 24.3 Å². The highest BCUT2D eigenvalue weighted by molar-refractivity contribution is 5.87. The first-order valence-electron chi connectivity index (χ1n) is 8.89. The minimum atomic E-state index is -1.20. The van der Waals surface area contributed by atoms with Gasteiger partial charge in [0, 0.05) is 11.6 Å². The average molecular weight is 413 g/mol. The number of hydrogen-bond donors (Lipinski definition) is 2. The molecule has 0 bridgehead atoms. The van der Waals surface area contributed by atoms with E-state index in [-0.39, 0.29) is 30.3 Å². The topological polar surface area (TPSA) is 137 Å². The molecule has 0 aliphatic heterocycles. The van der Waals surface area contributed by atoms with Crippen LogP contribution in [0.25, 0.3) is 11.3 Å². The third-order valence-corrected chi connectivity index (χ3v) is 4.26. The largest absolute Gasteiger partial charge is 0.497 e. The Labute approximate surface area is 171 Å². The van der Waals surface area contributed by atoms with Crippen LogP contribution in [0, 0.1) is 10.1 Å². The Morgan fingerprint density at radius 3 is 2.57 bits per heavy atom. The predicted octanol–water partition coefficient (Wildman–Crippen LogP) is 2.61. The summed E-state index contributed by atoms with van der Waals surface area (Å²) < 4.78 is 11.6. The van der Waals surface area contributed by atoms with E-state index in [2.05, 4.69) is 5.10 Å². The van der Waals surface area contributed by atoms with E-state index in [0.717, 1.165) is 4.68 Å². The summed E-state index contributed by atoms with van der Waals surface area (Å²) >= 11 is 0. The number of carboxylic acid groups (broad SMARTS) is 1. The number of carboxylic acids is 1. The smallest absolute Gasteiger partial charge is 0.354 e. The molecule has 0 amide bonds. The summed E-state index contributed by atoms with van der Waals surface area (Å²) in [5, 5.41) is 35.0. The van der Waals surface area contributed by atoms with Crippen LogP contribution < -0.4 is 9.47 Å². The van der Waals surface area contributed by atoms with Crippen molar-refractivity contribution in [2.24, 2.45) is 0 Å². The first-order valence-corrected chi connectivity index (χ1v) is 8.89. The zero-order valence-electron chi connectivity index (χ0n) is 16.0. The van der Waals surface area contributed by atoms with Crippen molar-refractivity contribution in [3.63, 3.8) is 0 Å². The van der Waals surface area contributed by atoms with Crippen LogP contribution in [0.2, 0.25) is 0 Å². The van der Waals surface area contributed by atoms with Gasteiger partial charge in [0.1, 0.15) is 24.2 Å². The summed E-state index contributed by atoms with van der Waals surface area (Å²) in [7, 11) is 1.54. The first kappa shape index (κ1) is 20.8. The van der Waals surface area contributed by atoms with Crippen LogP contribution in [0.5, 0.6) is 11.5 Å². The fourth-order valence-corrected chi connectivity index (χ4v) is 2.80. The summed E-state index contributed by atoms with van der Waals surface area (Å²) in [6.45, 7) is -0.444. The molecule has 1 heterocycles. The van der Waals surface area contributed by atoms with Gasteiger partial charge in [-0.15, -0.1) is 0 Å². The number of aliphatic hydroxyl groups is 1. The number of aliphatic hydroxyl groups excluding tert-OH is 1. The van der Waals surface area contributed by atoms with Crippen molar-refractivity contribution in [3.05, 3.63) is 70.4 Å². The quantitative estimate of drug-likeness (QED) is 0.403. The van der Waals surface area contributed by atoms with Crippen molar-refractivity contribution in [3.8, 4) is 22.8 Å². The van der Waals surface area contributed by atoms with E-state index < -0.39 is 17.0 Å². The van der Waals surface area contributed by atoms with Crippen LogP contribution in [0.3, 0.4) is 0 Å². The summed E-state index contributed by atoms with van der Waals surface area (Å²) in [6.07, 6.45) is -1.15. The summed E-state index contributed by atoms with van der Waals surface area (Å²) in [4.78, 5) is 22.0. The van der Waals surface area contributed by atoms with Crippen molar-refractivity contribution >= 4 is 11.7 Å². The number of aromatic carboxylic acids is 1. The van der Waals surface area contributed by atoms with E-state index in [1.807, 2.05) is 0 Å². The van der Waals surface area contributed by atoms with E-state index in [1.54, 1.807) is 37.4 Å². The number of hydrogen-bond acceptors (Lipinski definition) is 7. The number of nitro groups is 1. The normalized spacial score (nSPS) is 11.7. The second-order valence-corrected chi connectivity index (χ2v) is 6.32. The SMILES string of the molecule is COc1ccc(-c2cc(C(=O)O)n(CC(O)COc3ccccc3[N+](=O)[O-])n2)cc1. The second-order valence-electron chi connectivity index (χ2n) is 6.32. The van der Waals surface area contributed by atoms with E-state index in [0.29, 0.717) is 17.0 Å². The molecule has 1 unspecified atom stereocenters. The molecule has 2 N–H and O–H groups in total. The van der Waals surface area contributed by atoms with E-state index in [1.165, 1.54) is 24.3 Å². The van der Waals surface area contributed by atoms with Crippen molar-refractivity contribution in [2.45, 2.75) is 12.6 Å². The molecule has 3 rings (SSSR count). The fraction of sp³-hybridized carbons (Fsp3) is 0.200. The molecule has 30 heavy (non-hydrogen) atoms. The monoisotopic (exact) mass is 413 g/mol. The van der Waals surface area contributed by atoms with Crippen LogP contribution >= 0.6 is 0 Å². The number of nitro benzene ring substituents is 1. The van der Waals surface area contributed by atoms with Gasteiger partial charge in [-0.1, -0.05) is 12.1 Å². The highest BCUT2D eigenvalue weighted by atomic mass is 16.6. The highest BCUT2D eigenvalue weighted by Gasteiger charge is 2.20. The standard InChI is InChI=1S/C20H19N3O7/c1-29-15-8-6-13(7-9-15)16-10-18(20(25)26)22(21-16)11-14(24)12-30-19-5-3-2-4-17(19)23(27)28/h2-10,14,24H,11-12H2,1H3,(H,25,26). The molecular weight excluding hydrogens is 394 g/mol. The fourth-order valence-electron chi connectivity index (χ4n) is 2.80. The lowest BCUT2D eigenvalue weighted by molar-refractivity contribution is -0.385. The Kier molecular flexibility index (Phi) is 6.28. The molecule has 10 heteroatoms. The predicted molar refractivity (Wildman–Crippen MR) is 106 cm³/mol. The van der Waals surface area contributed by atoms with Crippen LogP contribution in [-0.4, -0.2) is 50.7 Å². The van der Waals surface area contributed by atoms with Crippen molar-refractivity contribution in [1.82, 2.24) is 9.78 Å². The summed E-state index contributed by atoms with van der Waals surface area (Å²) in [5.74, 6) is -0.535. The van der Waals surface area contributed by atoms with Gasteiger partial charge in [-0.25, -0.2) is 4.79 Å². The van der Waals surface area contributed by atoms with Crippen LogP contribution in [0.15, 0.2) is 54.6 Å². The lowest BCUT2D eigenvalue weighted by Gasteiger charge is -2.13. The third-order valence-electron chi connectivity index (χ3n) is 4.26. The molecule has 0 fully saturated rings. The third kappa shape index (κ3) is 4.73. The first-order chi connectivity index (χ1) is 14.4. The molecule has 0 spiro atoms. The van der Waals surface area contributed by atoms with Crippen molar-refractivity contribution in [1.29, 1.82) is 0 Å². The van der Waals surface area contributed by atoms with Gasteiger partial charge in [-0.3, -0.25) is 14.8 Å². The number of rotatable bonds is 9. The molecule has 0 radical (unpaired) electrons. The Balaban J connectivity index is 1.74. The van der Waals surface area contributed by atoms with Gasteiger partial charge in [-0.2, -0.15) is 5.10 Å². The molecule has 0 saturated carbocycles. The maximum absolute atomic E-state index is 11.6. The lowest BCUT2D eigenvalue weighted by atomic mass is 10.1. The molecule has 0 aliphatic rings. The van der Waals surface area contributed by atoms with Gasteiger partial charge in [0.2, 0.25) is 0 Å². The van der Waals surface area contributed by atoms with Gasteiger partial charge in [-0.05, 0) is 36.4 Å². The summed E-state index contributed by atoms with van der Waals surface area (Å²) in [5.41, 5.74) is 0.770. The summed E-state index contributed by atoms with van der Waals surface area (Å²) in [6, 6.07) is 14.1. The molecule has 0 saturated heterocycles. The van der Waals surface area contributed by atoms with E-state index in [9.17, 15) is 25.1 Å². The Hall–Kier alpha value is -3.92. The molecule has 0 aliphatic carbocycles. The number of methoxy groups -OCH3 is 1. The number of nitrogens with zero attached hydrogens (tertiary/aromatic N) is 3. The van der Waals surface area contributed by atoms with E-state index in [4.69, 9.17) is 9.47 Å². The Morgan fingerprint density at radius 2 is 1.93 bits per heavy atom. The van der Waals surface area contributed by atoms with Gasteiger partial charge in [0.15, 0.2) is 5.75 Å². The van der Waals surface area contributed by atoms with Crippen LogP contribution in [0.1, 0.15) is 10.5 Å². The molecule has 3 aromatic rings. The van der Waals surface area contributed by atoms with E-state index >= 15 is 0 Å². The number of para-hydroxylation sites is 2. The molecule has 2 aromatic carbocycles. The van der Waals surface area contributed by atoms with Crippen molar-refractivity contribution in [2.75, 3.05) is 13.7 Å². The Morgan fingerprint density at radius 1 is 1.23 bits per heavy atom. The van der Waals surface area contributed by atoms with Gasteiger partial charge in [0.25, 0.3) is 0 Å². The minimum Gasteiger partial charge on any atom is -0.497 e. The number of ether oxygens (including phenoxy) is 2. The maximum atomic E-state index is 11.6. The van der Waals surface area contributed by atoms with Crippen LogP contribution in [-0.2, 0) is 6.54 Å². The number of aromatic nitrogens is 2. The number of benzene rings is 2. The molecular formula is C20H19N3O7. The van der Waals surface area contributed by atoms with Gasteiger partial charge >= 0.3 is 11.7 Å². The molecule has 156 valence electrons. The molecule has 1 atom stereocenters. The Bertz CT molecular complexity index is 1050.